The van der Waals surface area contributed by atoms with Gasteiger partial charge in [0.2, 0.25) is 0 Å². The highest BCUT2D eigenvalue weighted by atomic mass is 35.5. The minimum atomic E-state index is -5.16. The zero-order chi connectivity index (χ0) is 27.5. The Balaban J connectivity index is 1.99. The predicted molar refractivity (Wildman–Crippen MR) is 124 cm³/mol. The van der Waals surface area contributed by atoms with Crippen molar-refractivity contribution >= 4 is 52.4 Å². The molecule has 0 aliphatic heterocycles. The molecule has 0 bridgehead atoms. The molecule has 5 nitrogen and oxygen atoms in total. The number of nitrogens with one attached hydrogen (secondary N) is 2. The summed E-state index contributed by atoms with van der Waals surface area (Å²) in [4.78, 5) is 19.8. The van der Waals surface area contributed by atoms with Crippen molar-refractivity contribution in [3.63, 3.8) is 0 Å². The molecule has 0 saturated carbocycles. The van der Waals surface area contributed by atoms with Gasteiger partial charge in [0.25, 0.3) is 5.91 Å². The van der Waals surface area contributed by atoms with Gasteiger partial charge in [0, 0.05) is 18.0 Å². The monoisotopic (exact) mass is 586 g/mol. The van der Waals surface area contributed by atoms with Gasteiger partial charge in [-0.3, -0.25) is 20.6 Å². The van der Waals surface area contributed by atoms with Crippen LogP contribution in [0.25, 0.3) is 5.83 Å². The average molecular weight is 588 g/mol. The zero-order valence-electron chi connectivity index (χ0n) is 17.9. The van der Waals surface area contributed by atoms with Gasteiger partial charge in [-0.25, -0.2) is 9.37 Å². The van der Waals surface area contributed by atoms with E-state index >= 15 is 0 Å². The molecule has 0 aliphatic carbocycles. The van der Waals surface area contributed by atoms with Crippen LogP contribution >= 0.6 is 34.8 Å². The summed E-state index contributed by atoms with van der Waals surface area (Å²) in [6.07, 6.45) is -6.42. The molecule has 0 saturated heterocycles. The zero-order valence-corrected chi connectivity index (χ0v) is 20.1. The third kappa shape index (κ3) is 7.02. The Morgan fingerprint density at radius 3 is 2.16 bits per heavy atom. The van der Waals surface area contributed by atoms with Crippen molar-refractivity contribution in [2.24, 2.45) is 0 Å². The van der Waals surface area contributed by atoms with Crippen LogP contribution in [0.15, 0.2) is 55.0 Å². The Kier molecular flexibility index (Phi) is 8.56. The predicted octanol–water partition coefficient (Wildman–Crippen LogP) is 7.87. The van der Waals surface area contributed by atoms with Gasteiger partial charge in [0.15, 0.2) is 5.82 Å². The van der Waals surface area contributed by atoms with Crippen LogP contribution in [0.4, 0.5) is 36.6 Å². The molecule has 1 atom stereocenters. The lowest BCUT2D eigenvalue weighted by molar-refractivity contribution is -0.140. The third-order valence-corrected chi connectivity index (χ3v) is 5.94. The van der Waals surface area contributed by atoms with Gasteiger partial charge < -0.3 is 0 Å². The number of halogens is 10. The van der Waals surface area contributed by atoms with Crippen molar-refractivity contribution in [1.82, 2.24) is 15.4 Å². The molecule has 1 unspecified atom stereocenters. The number of alkyl halides is 6. The number of hydrogen-bond donors (Lipinski definition) is 2. The first-order chi connectivity index (χ1) is 17.2. The van der Waals surface area contributed by atoms with Gasteiger partial charge in [-0.2, -0.15) is 26.3 Å². The van der Waals surface area contributed by atoms with Crippen LogP contribution in [-0.4, -0.2) is 22.1 Å². The number of benzene rings is 2. The van der Waals surface area contributed by atoms with E-state index in [9.17, 15) is 35.5 Å². The maximum atomic E-state index is 14.9. The quantitative estimate of drug-likeness (QED) is 0.175. The second-order valence-corrected chi connectivity index (χ2v) is 8.45. The van der Waals surface area contributed by atoms with Gasteiger partial charge in [0.1, 0.15) is 11.7 Å². The van der Waals surface area contributed by atoms with E-state index in [1.165, 1.54) is 18.6 Å². The van der Waals surface area contributed by atoms with E-state index < -0.39 is 52.3 Å². The van der Waals surface area contributed by atoms with Crippen LogP contribution in [0.2, 0.25) is 15.1 Å². The van der Waals surface area contributed by atoms with Gasteiger partial charge in [-0.15, -0.1) is 0 Å². The molecular formula is C22H12Cl3F7N4O. The Labute approximate surface area is 219 Å². The summed E-state index contributed by atoms with van der Waals surface area (Å²) in [6.45, 7) is 0. The number of hydrogen-bond acceptors (Lipinski definition) is 4. The molecule has 37 heavy (non-hydrogen) atoms. The molecule has 1 heterocycles. The number of anilines is 1. The molecule has 2 N–H and O–H groups in total. The SMILES string of the molecule is O=C(NNc1cnccn1)c1ccc(/C(F)=C/C(c2cc(Cl)c(Cl)c(Cl)c2)C(F)(F)F)cc1C(F)(F)F. The van der Waals surface area contributed by atoms with Crippen molar-refractivity contribution in [2.75, 3.05) is 5.43 Å². The molecule has 0 radical (unpaired) electrons. The van der Waals surface area contributed by atoms with Gasteiger partial charge in [-0.1, -0.05) is 40.9 Å². The summed E-state index contributed by atoms with van der Waals surface area (Å²) < 4.78 is 97.1. The Morgan fingerprint density at radius 2 is 1.62 bits per heavy atom. The number of carbonyl (C=O) groups is 1. The van der Waals surface area contributed by atoms with Crippen LogP contribution in [0.5, 0.6) is 0 Å². The molecule has 1 amide bonds. The van der Waals surface area contributed by atoms with Crippen molar-refractivity contribution in [1.29, 1.82) is 0 Å². The minimum Gasteiger partial charge on any atom is -0.280 e. The Bertz CT molecular complexity index is 1310. The Hall–Kier alpha value is -3.09. The largest absolute Gasteiger partial charge is 0.417 e. The molecule has 3 rings (SSSR count). The first-order valence-electron chi connectivity index (χ1n) is 9.81. The number of hydrazine groups is 1. The molecular weight excluding hydrogens is 576 g/mol. The average Bonchev–Trinajstić information content (AvgIpc) is 2.83. The fourth-order valence-corrected chi connectivity index (χ4v) is 3.67. The molecule has 0 spiro atoms. The number of carbonyl (C=O) groups excluding carboxylic acids is 1. The van der Waals surface area contributed by atoms with E-state index in [1.54, 1.807) is 0 Å². The maximum absolute atomic E-state index is 14.9. The summed E-state index contributed by atoms with van der Waals surface area (Å²) in [5.41, 5.74) is 0.266. The summed E-state index contributed by atoms with van der Waals surface area (Å²) >= 11 is 17.3. The third-order valence-electron chi connectivity index (χ3n) is 4.74. The number of allylic oxidation sites excluding steroid dienone is 1. The van der Waals surface area contributed by atoms with Crippen LogP contribution in [0.1, 0.15) is 33.0 Å². The lowest BCUT2D eigenvalue weighted by atomic mass is 9.95. The summed E-state index contributed by atoms with van der Waals surface area (Å²) in [6, 6.07) is 3.20. The topological polar surface area (TPSA) is 66.9 Å². The standard InChI is InChI=1S/C22H12Cl3F7N4O/c23-15-6-11(7-16(24)19(15)25)13(21(27,28)29)8-17(26)10-1-2-12(14(5-10)22(30,31)32)20(37)36-35-18-9-33-3-4-34-18/h1-9,13H,(H,34,35)(H,36,37)/b17-8-. The van der Waals surface area contributed by atoms with E-state index in [0.717, 1.165) is 18.2 Å². The normalized spacial score (nSPS) is 13.3. The molecule has 3 aromatic rings. The molecule has 0 fully saturated rings. The van der Waals surface area contributed by atoms with E-state index in [1.807, 2.05) is 5.43 Å². The van der Waals surface area contributed by atoms with E-state index in [0.29, 0.717) is 6.07 Å². The number of rotatable bonds is 6. The lowest BCUT2D eigenvalue weighted by Crippen LogP contribution is -2.31. The van der Waals surface area contributed by atoms with Crippen molar-refractivity contribution in [2.45, 2.75) is 18.3 Å². The smallest absolute Gasteiger partial charge is 0.280 e. The van der Waals surface area contributed by atoms with Gasteiger partial charge in [-0.05, 0) is 35.9 Å². The van der Waals surface area contributed by atoms with Gasteiger partial charge in [0.05, 0.1) is 32.4 Å². The van der Waals surface area contributed by atoms with E-state index in [4.69, 9.17) is 34.8 Å². The lowest BCUT2D eigenvalue weighted by Gasteiger charge is -2.19. The first kappa shape index (κ1) is 28.5. The molecule has 1 aromatic heterocycles. The summed E-state index contributed by atoms with van der Waals surface area (Å²) in [5.74, 6) is -5.53. The maximum Gasteiger partial charge on any atom is 0.417 e. The van der Waals surface area contributed by atoms with Crippen molar-refractivity contribution in [3.05, 3.63) is 92.3 Å². The molecule has 0 aliphatic rings. The molecule has 2 aromatic carbocycles. The molecule has 15 heteroatoms. The highest BCUT2D eigenvalue weighted by molar-refractivity contribution is 6.48. The van der Waals surface area contributed by atoms with Crippen molar-refractivity contribution in [3.8, 4) is 0 Å². The Morgan fingerprint density at radius 1 is 0.973 bits per heavy atom. The summed E-state index contributed by atoms with van der Waals surface area (Å²) in [5, 5.41) is -0.899. The van der Waals surface area contributed by atoms with Crippen LogP contribution in [-0.2, 0) is 6.18 Å². The number of amides is 1. The molecule has 196 valence electrons. The fourth-order valence-electron chi connectivity index (χ4n) is 3.05. The summed E-state index contributed by atoms with van der Waals surface area (Å²) in [7, 11) is 0. The van der Waals surface area contributed by atoms with Crippen LogP contribution < -0.4 is 10.9 Å². The van der Waals surface area contributed by atoms with E-state index in [-0.39, 0.29) is 33.0 Å². The van der Waals surface area contributed by atoms with Crippen LogP contribution in [0, 0.1) is 0 Å². The van der Waals surface area contributed by atoms with E-state index in [2.05, 4.69) is 15.4 Å². The number of nitrogens with zero attached hydrogens (tertiary/aromatic N) is 2. The second-order valence-electron chi connectivity index (χ2n) is 7.26. The van der Waals surface area contributed by atoms with Crippen molar-refractivity contribution < 1.29 is 35.5 Å². The number of aromatic nitrogens is 2. The highest BCUT2D eigenvalue weighted by Gasteiger charge is 2.41. The van der Waals surface area contributed by atoms with Crippen LogP contribution in [0.3, 0.4) is 0 Å². The first-order valence-corrected chi connectivity index (χ1v) is 10.9. The fraction of sp³-hybridized carbons (Fsp3) is 0.136. The minimum absolute atomic E-state index is 0.00982. The second kappa shape index (κ2) is 11.1. The highest BCUT2D eigenvalue weighted by Crippen LogP contribution is 2.42. The van der Waals surface area contributed by atoms with Gasteiger partial charge >= 0.3 is 12.4 Å².